The molecule has 4 rings (SSSR count). The second-order valence-corrected chi connectivity index (χ2v) is 10.9. The van der Waals surface area contributed by atoms with Crippen molar-refractivity contribution in [2.75, 3.05) is 33.9 Å². The predicted molar refractivity (Wildman–Crippen MR) is 152 cm³/mol. The van der Waals surface area contributed by atoms with Gasteiger partial charge in [-0.1, -0.05) is 11.8 Å². The molecule has 1 aromatic carbocycles. The molecule has 1 saturated heterocycles. The highest BCUT2D eigenvalue weighted by Gasteiger charge is 2.43. The highest BCUT2D eigenvalue weighted by atomic mass is 32.2. The number of allylic oxidation sites excluding steroid dienone is 1. The third-order valence-corrected chi connectivity index (χ3v) is 7.91. The maximum atomic E-state index is 13.6. The zero-order valence-electron chi connectivity index (χ0n) is 23.9. The quantitative estimate of drug-likeness (QED) is 0.398. The Morgan fingerprint density at radius 2 is 1.95 bits per heavy atom. The van der Waals surface area contributed by atoms with Gasteiger partial charge < -0.3 is 28.7 Å². The average Bonchev–Trinajstić information content (AvgIpc) is 3.33. The lowest BCUT2D eigenvalue weighted by Gasteiger charge is -2.38. The number of thioether (sulfide) groups is 1. The van der Waals surface area contributed by atoms with Gasteiger partial charge in [-0.25, -0.2) is 9.79 Å². The Hall–Kier alpha value is -3.47. The summed E-state index contributed by atoms with van der Waals surface area (Å²) in [5.41, 5.74) is 2.29. The van der Waals surface area contributed by atoms with E-state index in [4.69, 9.17) is 23.9 Å². The normalized spacial score (nSPS) is 20.6. The van der Waals surface area contributed by atoms with E-state index in [-0.39, 0.29) is 30.3 Å². The minimum absolute atomic E-state index is 0.0793. The lowest BCUT2D eigenvalue weighted by molar-refractivity contribution is -0.151. The van der Waals surface area contributed by atoms with Gasteiger partial charge in [0.2, 0.25) is 5.91 Å². The molecule has 0 aliphatic carbocycles. The van der Waals surface area contributed by atoms with Crippen molar-refractivity contribution in [1.82, 2.24) is 9.80 Å². The molecule has 0 spiro atoms. The van der Waals surface area contributed by atoms with E-state index >= 15 is 0 Å². The molecule has 3 aliphatic heterocycles. The van der Waals surface area contributed by atoms with E-state index in [0.717, 1.165) is 6.42 Å². The number of rotatable bonds is 9. The van der Waals surface area contributed by atoms with Crippen molar-refractivity contribution in [3.63, 3.8) is 0 Å². The molecule has 1 aromatic rings. The smallest absolute Gasteiger partial charge is 0.338 e. The number of amidine groups is 1. The summed E-state index contributed by atoms with van der Waals surface area (Å²) in [4.78, 5) is 47.8. The Kier molecular flexibility index (Phi) is 9.44. The first-order valence-corrected chi connectivity index (χ1v) is 14.4. The summed E-state index contributed by atoms with van der Waals surface area (Å²) in [5.74, 6) is -0.0165. The van der Waals surface area contributed by atoms with Crippen LogP contribution in [0.2, 0.25) is 0 Å². The van der Waals surface area contributed by atoms with Crippen LogP contribution in [0.15, 0.2) is 45.6 Å². The molecule has 3 aliphatic rings. The van der Waals surface area contributed by atoms with E-state index in [0.29, 0.717) is 65.3 Å². The molecule has 0 N–H and O–H groups in total. The van der Waals surface area contributed by atoms with E-state index in [1.807, 2.05) is 16.4 Å². The molecule has 0 radical (unpaired) electrons. The summed E-state index contributed by atoms with van der Waals surface area (Å²) in [6.07, 6.45) is 1.18. The molecule has 0 unspecified atom stereocenters. The fraction of sp³-hybridized carbons (Fsp3) is 0.517. The summed E-state index contributed by atoms with van der Waals surface area (Å²) >= 11 is 1.40. The minimum Gasteiger partial charge on any atom is -0.497 e. The number of ether oxygens (including phenoxy) is 4. The number of hydrogen-bond acceptors (Lipinski definition) is 10. The number of aliphatic imine (C=N–C) groups is 1. The molecule has 1 fully saturated rings. The molecule has 2 atom stereocenters. The molecular formula is C29H37N3O7S. The third-order valence-electron chi connectivity index (χ3n) is 7.02. The summed E-state index contributed by atoms with van der Waals surface area (Å²) in [5, 5.41) is 2.55. The molecule has 40 heavy (non-hydrogen) atoms. The van der Waals surface area contributed by atoms with Crippen molar-refractivity contribution in [1.29, 1.82) is 0 Å². The predicted octanol–water partition coefficient (Wildman–Crippen LogP) is 4.42. The van der Waals surface area contributed by atoms with E-state index in [1.54, 1.807) is 58.9 Å². The molecule has 3 heterocycles. The van der Waals surface area contributed by atoms with Gasteiger partial charge in [-0.2, -0.15) is 0 Å². The number of esters is 2. The molecule has 216 valence electrons. The number of piperidine rings is 1. The number of hydrogen-bond donors (Lipinski definition) is 0. The van der Waals surface area contributed by atoms with Crippen LogP contribution in [0.1, 0.15) is 58.6 Å². The van der Waals surface area contributed by atoms with Crippen LogP contribution in [0.4, 0.5) is 0 Å². The van der Waals surface area contributed by atoms with E-state index in [1.165, 1.54) is 11.8 Å². The Labute approximate surface area is 239 Å². The molecule has 11 heteroatoms. The van der Waals surface area contributed by atoms with Crippen LogP contribution >= 0.6 is 11.8 Å². The Morgan fingerprint density at radius 3 is 2.62 bits per heavy atom. The first-order chi connectivity index (χ1) is 19.2. The van der Waals surface area contributed by atoms with Crippen molar-refractivity contribution in [2.45, 2.75) is 59.1 Å². The Balaban J connectivity index is 1.69. The van der Waals surface area contributed by atoms with Gasteiger partial charge in [0, 0.05) is 24.4 Å². The minimum atomic E-state index is -0.661. The summed E-state index contributed by atoms with van der Waals surface area (Å²) < 4.78 is 22.1. The zero-order chi connectivity index (χ0) is 29.0. The van der Waals surface area contributed by atoms with E-state index < -0.39 is 12.0 Å². The second kappa shape index (κ2) is 12.8. The maximum Gasteiger partial charge on any atom is 0.338 e. The Morgan fingerprint density at radius 1 is 1.18 bits per heavy atom. The fourth-order valence-electron chi connectivity index (χ4n) is 5.18. The van der Waals surface area contributed by atoms with E-state index in [9.17, 15) is 14.4 Å². The second-order valence-electron chi connectivity index (χ2n) is 10.1. The zero-order valence-corrected chi connectivity index (χ0v) is 24.7. The van der Waals surface area contributed by atoms with Gasteiger partial charge in [-0.05, 0) is 64.1 Å². The van der Waals surface area contributed by atoms with Crippen molar-refractivity contribution in [2.24, 2.45) is 10.9 Å². The van der Waals surface area contributed by atoms with Crippen molar-refractivity contribution in [3.8, 4) is 11.5 Å². The SMILES string of the molecule is CCOC(=O)[C@H]1CCCN(C(=O)CC2=CSC3=NC(C)=C(C(=O)OC(C)C)[C@@H](c4cc(OC)ccc4OC)N23)C1. The molecule has 0 aromatic heterocycles. The summed E-state index contributed by atoms with van der Waals surface area (Å²) in [7, 11) is 3.15. The van der Waals surface area contributed by atoms with Crippen LogP contribution in [-0.4, -0.2) is 72.8 Å². The molecule has 0 saturated carbocycles. The lowest BCUT2D eigenvalue weighted by atomic mass is 9.92. The molecule has 10 nitrogen and oxygen atoms in total. The van der Waals surface area contributed by atoms with Crippen molar-refractivity contribution < 1.29 is 33.3 Å². The van der Waals surface area contributed by atoms with Crippen LogP contribution in [-0.2, 0) is 23.9 Å². The number of benzene rings is 1. The topological polar surface area (TPSA) is 107 Å². The van der Waals surface area contributed by atoms with Gasteiger partial charge >= 0.3 is 11.9 Å². The van der Waals surface area contributed by atoms with Crippen LogP contribution in [0.5, 0.6) is 11.5 Å². The van der Waals surface area contributed by atoms with Crippen LogP contribution in [0.25, 0.3) is 0 Å². The summed E-state index contributed by atoms with van der Waals surface area (Å²) in [6.45, 7) is 8.38. The first kappa shape index (κ1) is 29.5. The number of methoxy groups -OCH3 is 2. The highest BCUT2D eigenvalue weighted by Crippen LogP contribution is 2.48. The molecule has 1 amide bonds. The number of carbonyl (C=O) groups is 3. The van der Waals surface area contributed by atoms with Crippen molar-refractivity contribution >= 4 is 34.8 Å². The largest absolute Gasteiger partial charge is 0.497 e. The highest BCUT2D eigenvalue weighted by molar-refractivity contribution is 8.16. The maximum absolute atomic E-state index is 13.6. The number of nitrogens with zero attached hydrogens (tertiary/aromatic N) is 3. The molecular weight excluding hydrogens is 534 g/mol. The van der Waals surface area contributed by atoms with Gasteiger partial charge in [0.1, 0.15) is 11.5 Å². The lowest BCUT2D eigenvalue weighted by Crippen LogP contribution is -2.44. The number of fused-ring (bicyclic) bond motifs is 1. The van der Waals surface area contributed by atoms with Crippen LogP contribution < -0.4 is 9.47 Å². The standard InChI is InChI=1S/C29H37N3O7S/c1-7-38-27(34)19-9-8-12-31(15-19)24(33)13-20-16-40-29-30-18(4)25(28(35)39-17(2)3)26(32(20)29)22-14-21(36-5)10-11-23(22)37-6/h10-11,14,16-17,19,26H,7-9,12-13,15H2,1-6H3/t19-,26+/m0/s1. The third kappa shape index (κ3) is 6.14. The van der Waals surface area contributed by atoms with Gasteiger partial charge in [-0.15, -0.1) is 0 Å². The molecule has 0 bridgehead atoms. The number of amides is 1. The van der Waals surface area contributed by atoms with Gasteiger partial charge in [-0.3, -0.25) is 9.59 Å². The number of carbonyl (C=O) groups excluding carboxylic acids is 3. The summed E-state index contributed by atoms with van der Waals surface area (Å²) in [6, 6.07) is 4.75. The Bertz CT molecular complexity index is 1260. The first-order valence-electron chi connectivity index (χ1n) is 13.5. The number of likely N-dealkylation sites (tertiary alicyclic amines) is 1. The van der Waals surface area contributed by atoms with Gasteiger partial charge in [0.25, 0.3) is 0 Å². The van der Waals surface area contributed by atoms with Gasteiger partial charge in [0.05, 0.1) is 56.6 Å². The van der Waals surface area contributed by atoms with Crippen LogP contribution in [0, 0.1) is 5.92 Å². The fourth-order valence-corrected chi connectivity index (χ4v) is 6.14. The van der Waals surface area contributed by atoms with E-state index in [2.05, 4.69) is 0 Å². The van der Waals surface area contributed by atoms with Crippen LogP contribution in [0.3, 0.4) is 0 Å². The van der Waals surface area contributed by atoms with Crippen molar-refractivity contribution in [3.05, 3.63) is 46.1 Å². The monoisotopic (exact) mass is 571 g/mol. The van der Waals surface area contributed by atoms with Gasteiger partial charge in [0.15, 0.2) is 5.17 Å². The average molecular weight is 572 g/mol.